The maximum absolute atomic E-state index is 13.0. The highest BCUT2D eigenvalue weighted by Gasteiger charge is 2.08. The molecule has 0 aliphatic heterocycles. The van der Waals surface area contributed by atoms with E-state index in [0.717, 1.165) is 12.0 Å². The van der Waals surface area contributed by atoms with Gasteiger partial charge in [-0.15, -0.1) is 0 Å². The van der Waals surface area contributed by atoms with Crippen LogP contribution in [0.2, 0.25) is 5.02 Å². The van der Waals surface area contributed by atoms with Gasteiger partial charge in [0.25, 0.3) is 0 Å². The molecule has 2 N–H and O–H groups in total. The molecule has 0 amide bonds. The molecule has 0 heterocycles. The molecule has 3 heteroatoms. The molecule has 0 bridgehead atoms. The van der Waals surface area contributed by atoms with Gasteiger partial charge >= 0.3 is 0 Å². The molecule has 13 heavy (non-hydrogen) atoms. The van der Waals surface area contributed by atoms with Gasteiger partial charge in [0.15, 0.2) is 0 Å². The zero-order valence-corrected chi connectivity index (χ0v) is 8.31. The van der Waals surface area contributed by atoms with E-state index in [9.17, 15) is 4.39 Å². The quantitative estimate of drug-likeness (QED) is 0.800. The van der Waals surface area contributed by atoms with Crippen LogP contribution < -0.4 is 5.73 Å². The van der Waals surface area contributed by atoms with Crippen LogP contribution in [-0.2, 0) is 6.42 Å². The highest BCUT2D eigenvalue weighted by atomic mass is 35.5. The largest absolute Gasteiger partial charge is 0.330 e. The van der Waals surface area contributed by atoms with E-state index in [4.69, 9.17) is 17.3 Å². The first-order valence-corrected chi connectivity index (χ1v) is 4.66. The molecule has 0 saturated heterocycles. The summed E-state index contributed by atoms with van der Waals surface area (Å²) in [5.74, 6) is -0.0253. The average Bonchev–Trinajstić information content (AvgIpc) is 2.13. The second kappa shape index (κ2) is 4.58. The smallest absolute Gasteiger partial charge is 0.142 e. The molecule has 1 nitrogen and oxygen atoms in total. The third kappa shape index (κ3) is 2.68. The number of hydrogen-bond acceptors (Lipinski definition) is 1. The Morgan fingerprint density at radius 2 is 2.23 bits per heavy atom. The fraction of sp³-hybridized carbons (Fsp3) is 0.400. The van der Waals surface area contributed by atoms with Crippen molar-refractivity contribution in [2.24, 2.45) is 11.7 Å². The third-order valence-electron chi connectivity index (χ3n) is 2.00. The minimum Gasteiger partial charge on any atom is -0.330 e. The second-order valence-electron chi connectivity index (χ2n) is 3.26. The minimum absolute atomic E-state index is 0.225. The minimum atomic E-state index is -0.358. The predicted octanol–water partition coefficient (Wildman–Crippen LogP) is 2.62. The zero-order chi connectivity index (χ0) is 9.84. The summed E-state index contributed by atoms with van der Waals surface area (Å²) < 4.78 is 13.0. The Morgan fingerprint density at radius 1 is 1.54 bits per heavy atom. The Morgan fingerprint density at radius 3 is 2.85 bits per heavy atom. The predicted molar refractivity (Wildman–Crippen MR) is 53.3 cm³/mol. The molecule has 0 fully saturated rings. The van der Waals surface area contributed by atoms with E-state index in [0.29, 0.717) is 12.5 Å². The Labute approximate surface area is 82.7 Å². The van der Waals surface area contributed by atoms with Gasteiger partial charge in [-0.25, -0.2) is 4.39 Å². The maximum Gasteiger partial charge on any atom is 0.142 e. The Balaban J connectivity index is 2.83. The molecule has 0 aliphatic carbocycles. The number of hydrogen-bond donors (Lipinski definition) is 1. The fourth-order valence-corrected chi connectivity index (χ4v) is 1.37. The van der Waals surface area contributed by atoms with E-state index < -0.39 is 0 Å². The van der Waals surface area contributed by atoms with Crippen LogP contribution in [0.5, 0.6) is 0 Å². The van der Waals surface area contributed by atoms with Crippen LogP contribution in [-0.4, -0.2) is 6.54 Å². The summed E-state index contributed by atoms with van der Waals surface area (Å²) in [7, 11) is 0. The lowest BCUT2D eigenvalue weighted by Gasteiger charge is -2.09. The van der Waals surface area contributed by atoms with Crippen LogP contribution in [0.25, 0.3) is 0 Å². The summed E-state index contributed by atoms with van der Waals surface area (Å²) in [6.45, 7) is 2.61. The number of nitrogens with two attached hydrogens (primary N) is 1. The van der Waals surface area contributed by atoms with Gasteiger partial charge in [0, 0.05) is 0 Å². The van der Waals surface area contributed by atoms with Gasteiger partial charge in [-0.1, -0.05) is 30.7 Å². The molecule has 0 saturated carbocycles. The van der Waals surface area contributed by atoms with Crippen LogP contribution in [0.1, 0.15) is 12.5 Å². The first kappa shape index (κ1) is 10.5. The lowest BCUT2D eigenvalue weighted by Crippen LogP contribution is -2.13. The van der Waals surface area contributed by atoms with Crippen LogP contribution >= 0.6 is 11.6 Å². The zero-order valence-electron chi connectivity index (χ0n) is 7.56. The number of benzene rings is 1. The van der Waals surface area contributed by atoms with Crippen LogP contribution in [0, 0.1) is 11.7 Å². The van der Waals surface area contributed by atoms with E-state index in [-0.39, 0.29) is 10.8 Å². The first-order valence-electron chi connectivity index (χ1n) is 4.28. The highest BCUT2D eigenvalue weighted by molar-refractivity contribution is 6.31. The SMILES string of the molecule is CC(CN)Cc1cccc(F)c1Cl. The number of rotatable bonds is 3. The van der Waals surface area contributed by atoms with Gasteiger partial charge < -0.3 is 5.73 Å². The highest BCUT2D eigenvalue weighted by Crippen LogP contribution is 2.21. The van der Waals surface area contributed by atoms with Gasteiger partial charge in [0.05, 0.1) is 5.02 Å². The van der Waals surface area contributed by atoms with Crippen molar-refractivity contribution in [3.8, 4) is 0 Å². The molecule has 1 rings (SSSR count). The second-order valence-corrected chi connectivity index (χ2v) is 3.64. The van der Waals surface area contributed by atoms with Crippen molar-refractivity contribution in [3.05, 3.63) is 34.6 Å². The monoisotopic (exact) mass is 201 g/mol. The standard InChI is InChI=1S/C10H13ClFN/c1-7(6-13)5-8-3-2-4-9(12)10(8)11/h2-4,7H,5-6,13H2,1H3. The van der Waals surface area contributed by atoms with Crippen molar-refractivity contribution >= 4 is 11.6 Å². The molecular weight excluding hydrogens is 189 g/mol. The molecule has 0 spiro atoms. The summed E-state index contributed by atoms with van der Waals surface area (Å²) in [4.78, 5) is 0. The van der Waals surface area contributed by atoms with Gasteiger partial charge in [-0.3, -0.25) is 0 Å². The van der Waals surface area contributed by atoms with E-state index in [2.05, 4.69) is 0 Å². The molecule has 72 valence electrons. The summed E-state index contributed by atoms with van der Waals surface area (Å²) in [6.07, 6.45) is 0.729. The molecule has 1 aromatic carbocycles. The summed E-state index contributed by atoms with van der Waals surface area (Å²) in [5, 5.41) is 0.225. The van der Waals surface area contributed by atoms with Crippen molar-refractivity contribution in [2.45, 2.75) is 13.3 Å². The normalized spacial score (nSPS) is 12.9. The van der Waals surface area contributed by atoms with Crippen LogP contribution in [0.4, 0.5) is 4.39 Å². The van der Waals surface area contributed by atoms with Gasteiger partial charge in [-0.2, -0.15) is 0 Å². The first-order chi connectivity index (χ1) is 6.15. The van der Waals surface area contributed by atoms with Crippen molar-refractivity contribution in [1.82, 2.24) is 0 Å². The third-order valence-corrected chi connectivity index (χ3v) is 2.43. The molecular formula is C10H13ClFN. The molecule has 0 radical (unpaired) electrons. The molecule has 1 atom stereocenters. The number of halogens is 2. The van der Waals surface area contributed by atoms with Crippen LogP contribution in [0.15, 0.2) is 18.2 Å². The van der Waals surface area contributed by atoms with Crippen molar-refractivity contribution < 1.29 is 4.39 Å². The molecule has 0 aliphatic rings. The van der Waals surface area contributed by atoms with E-state index in [1.165, 1.54) is 6.07 Å². The van der Waals surface area contributed by atoms with Gasteiger partial charge in [0.1, 0.15) is 5.82 Å². The van der Waals surface area contributed by atoms with Gasteiger partial charge in [-0.05, 0) is 30.5 Å². The topological polar surface area (TPSA) is 26.0 Å². The summed E-state index contributed by atoms with van der Waals surface area (Å²) in [5.41, 5.74) is 6.30. The van der Waals surface area contributed by atoms with Gasteiger partial charge in [0.2, 0.25) is 0 Å². The van der Waals surface area contributed by atoms with E-state index in [1.54, 1.807) is 6.07 Å². The summed E-state index contributed by atoms with van der Waals surface area (Å²) in [6, 6.07) is 4.86. The van der Waals surface area contributed by atoms with Crippen molar-refractivity contribution in [3.63, 3.8) is 0 Å². The van der Waals surface area contributed by atoms with E-state index >= 15 is 0 Å². The van der Waals surface area contributed by atoms with Crippen molar-refractivity contribution in [1.29, 1.82) is 0 Å². The molecule has 0 aromatic heterocycles. The van der Waals surface area contributed by atoms with E-state index in [1.807, 2.05) is 13.0 Å². The molecule has 1 aromatic rings. The Kier molecular flexibility index (Phi) is 3.70. The van der Waals surface area contributed by atoms with Crippen molar-refractivity contribution in [2.75, 3.05) is 6.54 Å². The Hall–Kier alpha value is -0.600. The maximum atomic E-state index is 13.0. The summed E-state index contributed by atoms with van der Waals surface area (Å²) >= 11 is 5.78. The lowest BCUT2D eigenvalue weighted by atomic mass is 10.0. The lowest BCUT2D eigenvalue weighted by molar-refractivity contribution is 0.584. The Bertz CT molecular complexity index is 288. The molecule has 1 unspecified atom stereocenters. The average molecular weight is 202 g/mol. The van der Waals surface area contributed by atoms with Crippen LogP contribution in [0.3, 0.4) is 0 Å². The fourth-order valence-electron chi connectivity index (χ4n) is 1.16.